The van der Waals surface area contributed by atoms with Crippen LogP contribution in [-0.2, 0) is 82.3 Å². The standard InChI is InChI=1S/C69H82F10N13O17PS/c1-37-21-42(26-53(93)80-30-54(94)88-111(10,103)104)56(51(22-37)109-110(100,101)102)65(2,3)27-55(95)108-52(34-90(87-60(97)58(85-64(99)106-9)67(6,7)69(77,78)79)33-46-47(70)24-41(25-48(46)71)49-19-20-91(86-49)61(72)73)50(83-59(96)57(84-63(98)105-8)66(4,5)68(74,75)76)23-39-14-11-38(12-15-39)13-16-40-28-81-62(82-29-40)89-31-43-17-18-44(32-89)92(43)45-35-107-36-45/h11-12,14-15,19-22,24-25,28-29,43-45,50,52,57-58,61H,17-18,23,26-27,30-36H2,1-10H3,(H,80,93)(H,83,96)(H,84,98)(H,85,99)(H,87,97)(H,88,94)(H2,100,101,102)/t43?,44?,50-,52-,57+,58+/m0/s1. The van der Waals surface area contributed by atoms with E-state index in [2.05, 4.69) is 56.8 Å². The number of alkyl halides is 8. The fourth-order valence-electron chi connectivity index (χ4n) is 12.9. The second-order valence-corrected chi connectivity index (χ2v) is 31.4. The molecule has 3 aliphatic heterocycles. The van der Waals surface area contributed by atoms with Crippen LogP contribution >= 0.6 is 7.82 Å². The molecule has 3 fully saturated rings. The number of benzene rings is 3. The number of carbonyl (C=O) groups is 7. The molecule has 2 bridgehead atoms. The third-order valence-electron chi connectivity index (χ3n) is 18.8. The number of ether oxygens (including phenoxy) is 4. The van der Waals surface area contributed by atoms with Gasteiger partial charge in [0, 0.05) is 78.0 Å². The van der Waals surface area contributed by atoms with Gasteiger partial charge in [-0.05, 0) is 107 Å². The second-order valence-electron chi connectivity index (χ2n) is 28.5. The quantitative estimate of drug-likeness (QED) is 0.00611. The zero-order chi connectivity index (χ0) is 82.3. The van der Waals surface area contributed by atoms with Crippen LogP contribution in [0.5, 0.6) is 5.75 Å². The first-order chi connectivity index (χ1) is 51.6. The number of methoxy groups -OCH3 is 2. The van der Waals surface area contributed by atoms with Crippen LogP contribution < -0.4 is 40.8 Å². The number of nitrogens with one attached hydrogen (secondary N) is 6. The Balaban J connectivity index is 1.27. The Labute approximate surface area is 630 Å². The van der Waals surface area contributed by atoms with Crippen LogP contribution in [0.15, 0.2) is 73.2 Å². The first-order valence-electron chi connectivity index (χ1n) is 34.0. The molecular weight excluding hydrogens is 1540 g/mol. The van der Waals surface area contributed by atoms with Gasteiger partial charge in [-0.15, -0.1) is 0 Å². The third kappa shape index (κ3) is 22.5. The van der Waals surface area contributed by atoms with Gasteiger partial charge in [0.2, 0.25) is 27.8 Å². The molecular formula is C69H82F10N13O17PS. The van der Waals surface area contributed by atoms with Crippen LogP contribution in [0.3, 0.4) is 0 Å². The van der Waals surface area contributed by atoms with Gasteiger partial charge in [0.05, 0.1) is 93.8 Å². The molecule has 606 valence electrons. The van der Waals surface area contributed by atoms with Crippen LogP contribution in [0, 0.1) is 41.2 Å². The van der Waals surface area contributed by atoms with Gasteiger partial charge in [0.15, 0.2) is 0 Å². The van der Waals surface area contributed by atoms with E-state index in [4.69, 9.17) is 14.0 Å². The van der Waals surface area contributed by atoms with Gasteiger partial charge in [-0.3, -0.25) is 48.8 Å². The van der Waals surface area contributed by atoms with E-state index in [1.165, 1.54) is 63.5 Å². The second kappa shape index (κ2) is 34.9. The van der Waals surface area contributed by atoms with Gasteiger partial charge in [-0.1, -0.05) is 43.9 Å². The summed E-state index contributed by atoms with van der Waals surface area (Å²) in [7, 11) is -8.31. The van der Waals surface area contributed by atoms with Crippen molar-refractivity contribution in [3.05, 3.63) is 124 Å². The molecule has 3 aliphatic rings. The fraction of sp³-hybridized carbons (Fsp3) is 0.507. The molecule has 5 heterocycles. The highest BCUT2D eigenvalue weighted by atomic mass is 32.2. The molecule has 42 heteroatoms. The summed E-state index contributed by atoms with van der Waals surface area (Å²) in [5.41, 5.74) is -8.25. The van der Waals surface area contributed by atoms with E-state index in [0.717, 1.165) is 38.3 Å². The first kappa shape index (κ1) is 86.9. The summed E-state index contributed by atoms with van der Waals surface area (Å²) < 4.78 is 216. The topological polar surface area (TPSA) is 383 Å². The lowest BCUT2D eigenvalue weighted by molar-refractivity contribution is -0.221. The lowest BCUT2D eigenvalue weighted by Crippen LogP contribution is -2.64. The van der Waals surface area contributed by atoms with Crippen LogP contribution in [0.2, 0.25) is 0 Å². The number of amides is 6. The van der Waals surface area contributed by atoms with Gasteiger partial charge in [-0.2, -0.15) is 40.2 Å². The molecule has 2 aromatic heterocycles. The highest BCUT2D eigenvalue weighted by Gasteiger charge is 2.58. The average molecular weight is 1620 g/mol. The minimum Gasteiger partial charge on any atom is -0.459 e. The number of aromatic nitrogens is 4. The van der Waals surface area contributed by atoms with Crippen LogP contribution in [0.25, 0.3) is 11.3 Å². The highest BCUT2D eigenvalue weighted by Crippen LogP contribution is 2.47. The molecule has 3 aromatic carbocycles. The van der Waals surface area contributed by atoms with E-state index in [1.54, 1.807) is 10.0 Å². The SMILES string of the molecule is COC(=O)N[C@H](C(=O)N[C@@H](Cc1ccc(C#Cc2cnc(N3CC4CCC(C3)N4C3COC3)nc2)cc1)[C@H](CN(Cc1c(F)cc(-c2ccn(C(F)F)n2)cc1F)NC(=O)[C@@H](NC(=O)OC)C(C)(C)C(F)(F)F)OC(=O)CC(C)(C)c1c(CC(=O)NCC(=O)NS(C)(=O)=O)cc(C)cc1OP(=O)(O)O)C(C)(C)C(F)(F)F. The largest absolute Gasteiger partial charge is 0.524 e. The number of fused-ring (bicyclic) bond motifs is 2. The van der Waals surface area contributed by atoms with E-state index in [0.29, 0.717) is 114 Å². The first-order valence-corrected chi connectivity index (χ1v) is 37.4. The van der Waals surface area contributed by atoms with E-state index < -0.39 is 192 Å². The summed E-state index contributed by atoms with van der Waals surface area (Å²) in [4.78, 5) is 131. The number of phosphoric acid groups is 1. The van der Waals surface area contributed by atoms with Gasteiger partial charge in [-0.25, -0.2) is 51.0 Å². The third-order valence-corrected chi connectivity index (χ3v) is 19.8. The number of nitrogens with zero attached hydrogens (tertiary/aromatic N) is 7. The maximum atomic E-state index is 16.9. The van der Waals surface area contributed by atoms with Crippen LogP contribution in [0.1, 0.15) is 106 Å². The van der Waals surface area contributed by atoms with Crippen molar-refractivity contribution in [2.45, 2.75) is 154 Å². The fourth-order valence-corrected chi connectivity index (χ4v) is 13.8. The Morgan fingerprint density at radius 1 is 0.766 bits per heavy atom. The Morgan fingerprint density at radius 3 is 1.83 bits per heavy atom. The molecule has 3 saturated heterocycles. The van der Waals surface area contributed by atoms with Gasteiger partial charge in [0.25, 0.3) is 11.8 Å². The van der Waals surface area contributed by atoms with E-state index in [9.17, 15) is 55.5 Å². The van der Waals surface area contributed by atoms with Gasteiger partial charge in [0.1, 0.15) is 35.6 Å². The van der Waals surface area contributed by atoms with Gasteiger partial charge >= 0.3 is 44.9 Å². The smallest absolute Gasteiger partial charge is 0.459 e. The zero-order valence-electron chi connectivity index (χ0n) is 61.3. The molecule has 6 atom stereocenters. The number of alkyl carbamates (subject to hydrolysis) is 2. The van der Waals surface area contributed by atoms with Crippen molar-refractivity contribution in [3.63, 3.8) is 0 Å². The van der Waals surface area contributed by atoms with Crippen molar-refractivity contribution >= 4 is 65.6 Å². The number of aryl methyl sites for hydroxylation is 1. The maximum absolute atomic E-state index is 16.9. The van der Waals surface area contributed by atoms with Crippen LogP contribution in [0.4, 0.5) is 59.4 Å². The average Bonchev–Trinajstić information content (AvgIpc) is 1.69. The Kier molecular flexibility index (Phi) is 27.3. The highest BCUT2D eigenvalue weighted by molar-refractivity contribution is 7.89. The molecule has 2 unspecified atom stereocenters. The van der Waals surface area contributed by atoms with E-state index in [-0.39, 0.29) is 32.5 Å². The molecule has 8 rings (SSSR count). The molecule has 8 N–H and O–H groups in total. The number of carbonyl (C=O) groups excluding carboxylic acids is 7. The van der Waals surface area contributed by atoms with Crippen molar-refractivity contribution in [3.8, 4) is 28.8 Å². The molecule has 0 aliphatic carbocycles. The Hall–Kier alpha value is -9.72. The van der Waals surface area contributed by atoms with E-state index >= 15 is 44.7 Å². The number of esters is 1. The number of halogens is 10. The number of rotatable bonds is 30. The minimum absolute atomic E-state index is 0.0637. The summed E-state index contributed by atoms with van der Waals surface area (Å²) in [5, 5.41) is 12.1. The number of hydrogen-bond donors (Lipinski definition) is 8. The van der Waals surface area contributed by atoms with Gasteiger partial charge < -0.3 is 49.6 Å². The number of phosphoric ester groups is 1. The number of piperazine rings is 1. The summed E-state index contributed by atoms with van der Waals surface area (Å²) in [6, 6.07) is 3.37. The lowest BCUT2D eigenvalue weighted by atomic mass is 9.77. The number of sulfonamides is 1. The van der Waals surface area contributed by atoms with Crippen LogP contribution in [-0.4, -0.2) is 204 Å². The molecule has 0 radical (unpaired) electrons. The molecule has 5 aromatic rings. The maximum Gasteiger partial charge on any atom is 0.524 e. The lowest BCUT2D eigenvalue weighted by Gasteiger charge is -2.47. The van der Waals surface area contributed by atoms with Crippen molar-refractivity contribution in [2.24, 2.45) is 10.8 Å². The normalized spacial score (nSPS) is 16.9. The number of hydrazine groups is 1. The molecule has 6 amide bonds. The predicted octanol–water partition coefficient (Wildman–Crippen LogP) is 6.45. The zero-order valence-corrected chi connectivity index (χ0v) is 63.0. The molecule has 30 nitrogen and oxygen atoms in total. The Bertz CT molecular complexity index is 4460. The summed E-state index contributed by atoms with van der Waals surface area (Å²) in [6.07, 6.45) is -12.6. The predicted molar refractivity (Wildman–Crippen MR) is 372 cm³/mol. The molecule has 111 heavy (non-hydrogen) atoms. The minimum atomic E-state index is -5.62. The van der Waals surface area contributed by atoms with Crippen molar-refractivity contribution in [1.29, 1.82) is 0 Å². The summed E-state index contributed by atoms with van der Waals surface area (Å²) >= 11 is 0. The van der Waals surface area contributed by atoms with E-state index in [1.807, 2.05) is 10.7 Å². The monoisotopic (exact) mass is 1620 g/mol. The van der Waals surface area contributed by atoms with Crippen molar-refractivity contribution in [1.82, 2.24) is 61.1 Å². The molecule has 0 spiro atoms. The Morgan fingerprint density at radius 2 is 1.32 bits per heavy atom. The number of anilines is 1. The van der Waals surface area contributed by atoms with Crippen molar-refractivity contribution in [2.75, 3.05) is 64.8 Å². The summed E-state index contributed by atoms with van der Waals surface area (Å²) in [6.45, 7) is 1.52. The molecule has 0 saturated carbocycles. The van der Waals surface area contributed by atoms with Crippen molar-refractivity contribution < 1.29 is 124 Å². The number of hydrogen-bond acceptors (Lipinski definition) is 21. The summed E-state index contributed by atoms with van der Waals surface area (Å²) in [5.74, 6) is -4.84.